The number of nitrogens with zero attached hydrogens (tertiary/aromatic N) is 1. The Morgan fingerprint density at radius 2 is 2.29 bits per heavy atom. The van der Waals surface area contributed by atoms with Crippen molar-refractivity contribution in [3.63, 3.8) is 0 Å². The molecule has 4 heteroatoms. The van der Waals surface area contributed by atoms with Crippen LogP contribution in [0.1, 0.15) is 30.2 Å². The molecule has 1 aromatic heterocycles. The summed E-state index contributed by atoms with van der Waals surface area (Å²) in [5, 5.41) is 2.08. The van der Waals surface area contributed by atoms with E-state index >= 15 is 0 Å². The molecule has 2 heterocycles. The van der Waals surface area contributed by atoms with Crippen LogP contribution in [0, 0.1) is 0 Å². The number of nitrogen functional groups attached to an aromatic ring is 1. The molecule has 3 rings (SSSR count). The molecule has 3 nitrogen and oxygen atoms in total. The zero-order valence-electron chi connectivity index (χ0n) is 12.2. The predicted molar refractivity (Wildman–Crippen MR) is 88.8 cm³/mol. The Bertz CT molecular complexity index is 636. The number of benzene rings is 1. The van der Waals surface area contributed by atoms with Gasteiger partial charge < -0.3 is 10.6 Å². The molecule has 2 aromatic rings. The number of fused-ring (bicyclic) bond motifs is 1. The molecule has 1 aromatic carbocycles. The molecule has 1 unspecified atom stereocenters. The number of rotatable bonds is 4. The Morgan fingerprint density at radius 1 is 1.43 bits per heavy atom. The molecule has 0 radical (unpaired) electrons. The maximum atomic E-state index is 12.5. The molecule has 0 saturated heterocycles. The predicted octanol–water partition coefficient (Wildman–Crippen LogP) is 3.63. The highest BCUT2D eigenvalue weighted by Crippen LogP contribution is 2.34. The summed E-state index contributed by atoms with van der Waals surface area (Å²) in [6, 6.07) is 10.3. The standard InChI is InChI=1S/C17H20N2OS/c1-12-10-13-11-14(18)7-8-16(13)19(12)17(20)6-2-4-15-5-3-9-21-15/h3,5,7-9,11-12H,2,4,6,10,18H2,1H3. The van der Waals surface area contributed by atoms with E-state index in [-0.39, 0.29) is 11.9 Å². The number of nitrogens with two attached hydrogens (primary N) is 1. The van der Waals surface area contributed by atoms with Crippen LogP contribution < -0.4 is 10.6 Å². The van der Waals surface area contributed by atoms with E-state index in [0.29, 0.717) is 6.42 Å². The van der Waals surface area contributed by atoms with Crippen LogP contribution >= 0.6 is 11.3 Å². The van der Waals surface area contributed by atoms with Crippen molar-refractivity contribution in [2.24, 2.45) is 0 Å². The van der Waals surface area contributed by atoms with Crippen molar-refractivity contribution in [2.75, 3.05) is 10.6 Å². The van der Waals surface area contributed by atoms with Gasteiger partial charge in [0.25, 0.3) is 0 Å². The van der Waals surface area contributed by atoms with Crippen molar-refractivity contribution in [1.82, 2.24) is 0 Å². The lowest BCUT2D eigenvalue weighted by molar-refractivity contribution is -0.119. The monoisotopic (exact) mass is 300 g/mol. The lowest BCUT2D eigenvalue weighted by Gasteiger charge is -2.22. The second-order valence-electron chi connectivity index (χ2n) is 5.64. The minimum atomic E-state index is 0.225. The van der Waals surface area contributed by atoms with Gasteiger partial charge in [0.1, 0.15) is 0 Å². The third-order valence-electron chi connectivity index (χ3n) is 3.98. The molecule has 1 amide bonds. The smallest absolute Gasteiger partial charge is 0.227 e. The second kappa shape index (κ2) is 5.90. The van der Waals surface area contributed by atoms with E-state index in [1.807, 2.05) is 23.1 Å². The van der Waals surface area contributed by atoms with Gasteiger partial charge in [0, 0.05) is 28.7 Å². The number of carbonyl (C=O) groups excluding carboxylic acids is 1. The van der Waals surface area contributed by atoms with Gasteiger partial charge >= 0.3 is 0 Å². The Labute approximate surface area is 129 Å². The fourth-order valence-corrected chi connectivity index (χ4v) is 3.77. The number of hydrogen-bond acceptors (Lipinski definition) is 3. The second-order valence-corrected chi connectivity index (χ2v) is 6.67. The topological polar surface area (TPSA) is 46.3 Å². The Morgan fingerprint density at radius 3 is 3.05 bits per heavy atom. The SMILES string of the molecule is CC1Cc2cc(N)ccc2N1C(=O)CCCc1cccs1. The van der Waals surface area contributed by atoms with Crippen molar-refractivity contribution < 1.29 is 4.79 Å². The molecular formula is C17H20N2OS. The van der Waals surface area contributed by atoms with Crippen molar-refractivity contribution in [3.05, 3.63) is 46.2 Å². The van der Waals surface area contributed by atoms with Gasteiger partial charge in [0.05, 0.1) is 0 Å². The van der Waals surface area contributed by atoms with Gasteiger partial charge in [0.15, 0.2) is 0 Å². The third kappa shape index (κ3) is 2.95. The van der Waals surface area contributed by atoms with Gasteiger partial charge in [-0.15, -0.1) is 11.3 Å². The van der Waals surface area contributed by atoms with Crippen molar-refractivity contribution in [1.29, 1.82) is 0 Å². The Hall–Kier alpha value is -1.81. The van der Waals surface area contributed by atoms with E-state index in [2.05, 4.69) is 24.4 Å². The van der Waals surface area contributed by atoms with Crippen LogP contribution in [0.15, 0.2) is 35.7 Å². The van der Waals surface area contributed by atoms with E-state index < -0.39 is 0 Å². The zero-order valence-corrected chi connectivity index (χ0v) is 13.0. The Kier molecular flexibility index (Phi) is 3.97. The molecule has 21 heavy (non-hydrogen) atoms. The first kappa shape index (κ1) is 14.1. The number of hydrogen-bond donors (Lipinski definition) is 1. The highest BCUT2D eigenvalue weighted by Gasteiger charge is 2.30. The normalized spacial score (nSPS) is 17.0. The minimum absolute atomic E-state index is 0.225. The summed E-state index contributed by atoms with van der Waals surface area (Å²) < 4.78 is 0. The average molecular weight is 300 g/mol. The van der Waals surface area contributed by atoms with Crippen LogP contribution in [0.2, 0.25) is 0 Å². The maximum Gasteiger partial charge on any atom is 0.227 e. The lowest BCUT2D eigenvalue weighted by Crippen LogP contribution is -2.35. The summed E-state index contributed by atoms with van der Waals surface area (Å²) in [5.74, 6) is 0.225. The van der Waals surface area contributed by atoms with E-state index in [0.717, 1.165) is 30.6 Å². The molecule has 110 valence electrons. The maximum absolute atomic E-state index is 12.5. The highest BCUT2D eigenvalue weighted by atomic mass is 32.1. The van der Waals surface area contributed by atoms with Crippen molar-refractivity contribution in [3.8, 4) is 0 Å². The molecule has 0 aliphatic carbocycles. The fraction of sp³-hybridized carbons (Fsp3) is 0.353. The number of thiophene rings is 1. The van der Waals surface area contributed by atoms with Crippen LogP contribution in [-0.2, 0) is 17.6 Å². The zero-order chi connectivity index (χ0) is 14.8. The first-order valence-corrected chi connectivity index (χ1v) is 8.26. The number of aryl methyl sites for hydroxylation is 1. The molecule has 1 atom stereocenters. The van der Waals surface area contributed by atoms with Crippen molar-refractivity contribution >= 4 is 28.6 Å². The summed E-state index contributed by atoms with van der Waals surface area (Å²) in [6.45, 7) is 2.10. The first-order chi connectivity index (χ1) is 10.1. The molecular weight excluding hydrogens is 280 g/mol. The van der Waals surface area contributed by atoms with Crippen LogP contribution in [-0.4, -0.2) is 11.9 Å². The number of amides is 1. The van der Waals surface area contributed by atoms with Gasteiger partial charge in [-0.05, 0) is 61.4 Å². The van der Waals surface area contributed by atoms with Gasteiger partial charge in [-0.2, -0.15) is 0 Å². The van der Waals surface area contributed by atoms with Crippen LogP contribution in [0.5, 0.6) is 0 Å². The number of carbonyl (C=O) groups is 1. The van der Waals surface area contributed by atoms with E-state index in [4.69, 9.17) is 5.73 Å². The molecule has 0 saturated carbocycles. The minimum Gasteiger partial charge on any atom is -0.399 e. The third-order valence-corrected chi connectivity index (χ3v) is 4.92. The highest BCUT2D eigenvalue weighted by molar-refractivity contribution is 7.09. The summed E-state index contributed by atoms with van der Waals surface area (Å²) >= 11 is 1.76. The van der Waals surface area contributed by atoms with Gasteiger partial charge in [-0.3, -0.25) is 4.79 Å². The van der Waals surface area contributed by atoms with Gasteiger partial charge in [-0.25, -0.2) is 0 Å². The fourth-order valence-electron chi connectivity index (χ4n) is 3.02. The molecule has 0 fully saturated rings. The van der Waals surface area contributed by atoms with E-state index in [1.54, 1.807) is 11.3 Å². The average Bonchev–Trinajstić information content (AvgIpc) is 3.04. The van der Waals surface area contributed by atoms with Gasteiger partial charge in [0.2, 0.25) is 5.91 Å². The summed E-state index contributed by atoms with van der Waals surface area (Å²) in [4.78, 5) is 15.8. The van der Waals surface area contributed by atoms with Gasteiger partial charge in [-0.1, -0.05) is 6.07 Å². The molecule has 0 bridgehead atoms. The molecule has 2 N–H and O–H groups in total. The van der Waals surface area contributed by atoms with Crippen molar-refractivity contribution in [2.45, 2.75) is 38.6 Å². The Balaban J connectivity index is 1.65. The largest absolute Gasteiger partial charge is 0.399 e. The summed E-state index contributed by atoms with van der Waals surface area (Å²) in [7, 11) is 0. The van der Waals surface area contributed by atoms with Crippen LogP contribution in [0.4, 0.5) is 11.4 Å². The van der Waals surface area contributed by atoms with E-state index in [1.165, 1.54) is 10.4 Å². The summed E-state index contributed by atoms with van der Waals surface area (Å²) in [6.07, 6.45) is 3.40. The summed E-state index contributed by atoms with van der Waals surface area (Å²) in [5.41, 5.74) is 8.83. The van der Waals surface area contributed by atoms with E-state index in [9.17, 15) is 4.79 Å². The quantitative estimate of drug-likeness (QED) is 0.876. The molecule has 0 spiro atoms. The van der Waals surface area contributed by atoms with Crippen LogP contribution in [0.25, 0.3) is 0 Å². The first-order valence-electron chi connectivity index (χ1n) is 7.38. The molecule has 1 aliphatic rings. The van der Waals surface area contributed by atoms with Crippen LogP contribution in [0.3, 0.4) is 0 Å². The lowest BCUT2D eigenvalue weighted by atomic mass is 10.1. The molecule has 1 aliphatic heterocycles. The number of anilines is 2.